The number of nitrogens with zero attached hydrogens (tertiary/aromatic N) is 3. The summed E-state index contributed by atoms with van der Waals surface area (Å²) < 4.78 is 45.0. The highest BCUT2D eigenvalue weighted by Crippen LogP contribution is 2.36. The number of ether oxygens (including phenoxy) is 1. The number of carbonyl (C=O) groups is 1. The molecule has 7 nitrogen and oxygen atoms in total. The standard InChI is InChI=1S/C25H19ClF3N5O2/c1-2-22-30-13-11-21(34-22)18-4-3-12-31-23(18)36-17-8-5-15(6-9-17)32-24(35)33-16-7-10-20(26)19(14-16)25(27,28)29/h3-14H,2H2,1H3,(H2,32,33,35). The summed E-state index contributed by atoms with van der Waals surface area (Å²) in [4.78, 5) is 25.3. The number of alkyl halides is 3. The lowest BCUT2D eigenvalue weighted by molar-refractivity contribution is -0.137. The first kappa shape index (κ1) is 24.9. The molecule has 0 radical (unpaired) electrons. The first-order chi connectivity index (χ1) is 17.2. The van der Waals surface area contributed by atoms with Crippen molar-refractivity contribution in [3.05, 3.63) is 89.5 Å². The second-order valence-electron chi connectivity index (χ2n) is 7.47. The van der Waals surface area contributed by atoms with Gasteiger partial charge in [0.1, 0.15) is 11.6 Å². The SMILES string of the molecule is CCc1nccc(-c2cccnc2Oc2ccc(NC(=O)Nc3ccc(Cl)c(C(F)(F)F)c3)cc2)n1. The van der Waals surface area contributed by atoms with Crippen molar-refractivity contribution in [2.24, 2.45) is 0 Å². The van der Waals surface area contributed by atoms with Gasteiger partial charge in [0, 0.05) is 30.2 Å². The number of rotatable bonds is 6. The van der Waals surface area contributed by atoms with E-state index in [0.29, 0.717) is 40.8 Å². The molecule has 0 unspecified atom stereocenters. The molecule has 0 atom stereocenters. The summed E-state index contributed by atoms with van der Waals surface area (Å²) in [5.74, 6) is 1.50. The Morgan fingerprint density at radius 2 is 1.69 bits per heavy atom. The molecule has 36 heavy (non-hydrogen) atoms. The van der Waals surface area contributed by atoms with Crippen LogP contribution >= 0.6 is 11.6 Å². The minimum atomic E-state index is -4.64. The molecule has 11 heteroatoms. The summed E-state index contributed by atoms with van der Waals surface area (Å²) in [6, 6.07) is 14.2. The van der Waals surface area contributed by atoms with E-state index in [9.17, 15) is 18.0 Å². The molecule has 0 bridgehead atoms. The van der Waals surface area contributed by atoms with Crippen molar-refractivity contribution in [1.29, 1.82) is 0 Å². The zero-order valence-corrected chi connectivity index (χ0v) is 19.6. The van der Waals surface area contributed by atoms with E-state index >= 15 is 0 Å². The first-order valence-electron chi connectivity index (χ1n) is 10.7. The Morgan fingerprint density at radius 1 is 0.972 bits per heavy atom. The van der Waals surface area contributed by atoms with Gasteiger partial charge in [-0.3, -0.25) is 0 Å². The molecular weight excluding hydrogens is 495 g/mol. The van der Waals surface area contributed by atoms with Crippen LogP contribution in [0.1, 0.15) is 18.3 Å². The monoisotopic (exact) mass is 513 g/mol. The average molecular weight is 514 g/mol. The van der Waals surface area contributed by atoms with Crippen LogP contribution in [0.4, 0.5) is 29.3 Å². The molecule has 0 aliphatic rings. The second-order valence-corrected chi connectivity index (χ2v) is 7.87. The van der Waals surface area contributed by atoms with Crippen molar-refractivity contribution >= 4 is 29.0 Å². The Hall–Kier alpha value is -4.18. The number of benzene rings is 2. The van der Waals surface area contributed by atoms with Crippen LogP contribution in [-0.4, -0.2) is 21.0 Å². The predicted molar refractivity (Wildman–Crippen MR) is 130 cm³/mol. The Kier molecular flexibility index (Phi) is 7.35. The van der Waals surface area contributed by atoms with Gasteiger partial charge >= 0.3 is 12.2 Å². The van der Waals surface area contributed by atoms with Crippen molar-refractivity contribution in [3.8, 4) is 22.9 Å². The number of anilines is 2. The van der Waals surface area contributed by atoms with E-state index in [-0.39, 0.29) is 5.69 Å². The zero-order chi connectivity index (χ0) is 25.7. The lowest BCUT2D eigenvalue weighted by atomic mass is 10.2. The van der Waals surface area contributed by atoms with Gasteiger partial charge in [0.2, 0.25) is 5.88 Å². The highest BCUT2D eigenvalue weighted by Gasteiger charge is 2.33. The summed E-state index contributed by atoms with van der Waals surface area (Å²) in [7, 11) is 0. The van der Waals surface area contributed by atoms with Gasteiger partial charge in [-0.1, -0.05) is 18.5 Å². The van der Waals surface area contributed by atoms with Gasteiger partial charge in [-0.2, -0.15) is 13.2 Å². The lowest BCUT2D eigenvalue weighted by Gasteiger charge is -2.13. The number of aromatic nitrogens is 3. The Morgan fingerprint density at radius 3 is 2.42 bits per heavy atom. The molecule has 2 N–H and O–H groups in total. The number of carbonyl (C=O) groups excluding carboxylic acids is 1. The van der Waals surface area contributed by atoms with Gasteiger partial charge in [0.15, 0.2) is 0 Å². The minimum Gasteiger partial charge on any atom is -0.438 e. The normalized spacial score (nSPS) is 11.1. The molecule has 2 aromatic heterocycles. The Labute approximate surface area is 209 Å². The number of amides is 2. The maximum absolute atomic E-state index is 13.0. The van der Waals surface area contributed by atoms with Crippen LogP contribution in [0.3, 0.4) is 0 Å². The van der Waals surface area contributed by atoms with Gasteiger partial charge in [-0.15, -0.1) is 0 Å². The van der Waals surface area contributed by atoms with E-state index in [4.69, 9.17) is 16.3 Å². The van der Waals surface area contributed by atoms with Crippen molar-refractivity contribution in [2.75, 3.05) is 10.6 Å². The molecule has 0 saturated carbocycles. The summed E-state index contributed by atoms with van der Waals surface area (Å²) in [6.07, 6.45) is -0.673. The van der Waals surface area contributed by atoms with Crippen LogP contribution in [0.25, 0.3) is 11.3 Å². The number of hydrogen-bond acceptors (Lipinski definition) is 5. The van der Waals surface area contributed by atoms with E-state index in [1.165, 1.54) is 6.07 Å². The minimum absolute atomic E-state index is 0.0530. The molecule has 4 rings (SSSR count). The fraction of sp³-hybridized carbons (Fsp3) is 0.120. The highest BCUT2D eigenvalue weighted by molar-refractivity contribution is 6.31. The van der Waals surface area contributed by atoms with E-state index in [1.807, 2.05) is 13.0 Å². The zero-order valence-electron chi connectivity index (χ0n) is 18.8. The largest absolute Gasteiger partial charge is 0.438 e. The summed E-state index contributed by atoms with van der Waals surface area (Å²) >= 11 is 5.61. The molecule has 184 valence electrons. The molecular formula is C25H19ClF3N5O2. The van der Waals surface area contributed by atoms with Crippen LogP contribution in [0.15, 0.2) is 73.1 Å². The number of pyridine rings is 1. The smallest absolute Gasteiger partial charge is 0.417 e. The van der Waals surface area contributed by atoms with Crippen LogP contribution in [0, 0.1) is 0 Å². The molecule has 0 aliphatic heterocycles. The van der Waals surface area contributed by atoms with Gasteiger partial charge in [-0.05, 0) is 60.7 Å². The van der Waals surface area contributed by atoms with E-state index in [1.54, 1.807) is 48.8 Å². The van der Waals surface area contributed by atoms with E-state index < -0.39 is 22.8 Å². The summed E-state index contributed by atoms with van der Waals surface area (Å²) in [6.45, 7) is 1.96. The van der Waals surface area contributed by atoms with E-state index in [0.717, 1.165) is 12.1 Å². The fourth-order valence-electron chi connectivity index (χ4n) is 3.22. The van der Waals surface area contributed by atoms with Crippen LogP contribution in [0.5, 0.6) is 11.6 Å². The van der Waals surface area contributed by atoms with Crippen LogP contribution < -0.4 is 15.4 Å². The summed E-state index contributed by atoms with van der Waals surface area (Å²) in [5, 5.41) is 4.46. The highest BCUT2D eigenvalue weighted by atomic mass is 35.5. The molecule has 0 saturated heterocycles. The molecule has 2 amide bonds. The molecule has 0 aliphatic carbocycles. The number of hydrogen-bond donors (Lipinski definition) is 2. The Balaban J connectivity index is 1.43. The lowest BCUT2D eigenvalue weighted by Crippen LogP contribution is -2.19. The molecule has 4 aromatic rings. The van der Waals surface area contributed by atoms with Crippen molar-refractivity contribution in [3.63, 3.8) is 0 Å². The molecule has 2 heterocycles. The topological polar surface area (TPSA) is 89.0 Å². The van der Waals surface area contributed by atoms with Gasteiger partial charge in [0.25, 0.3) is 0 Å². The maximum atomic E-state index is 13.0. The van der Waals surface area contributed by atoms with Crippen molar-refractivity contribution in [2.45, 2.75) is 19.5 Å². The number of halogens is 4. The van der Waals surface area contributed by atoms with Crippen LogP contribution in [-0.2, 0) is 12.6 Å². The first-order valence-corrected chi connectivity index (χ1v) is 11.1. The Bertz CT molecular complexity index is 1380. The molecule has 0 spiro atoms. The second kappa shape index (κ2) is 10.6. The third kappa shape index (κ3) is 6.08. The number of aryl methyl sites for hydroxylation is 1. The molecule has 0 fully saturated rings. The van der Waals surface area contributed by atoms with Gasteiger partial charge < -0.3 is 15.4 Å². The number of nitrogens with one attached hydrogen (secondary N) is 2. The molecule has 2 aromatic carbocycles. The summed E-state index contributed by atoms with van der Waals surface area (Å²) in [5.41, 5.74) is 0.677. The van der Waals surface area contributed by atoms with Gasteiger partial charge in [0.05, 0.1) is 21.8 Å². The van der Waals surface area contributed by atoms with E-state index in [2.05, 4.69) is 25.6 Å². The van der Waals surface area contributed by atoms with Crippen molar-refractivity contribution < 1.29 is 22.7 Å². The average Bonchev–Trinajstić information content (AvgIpc) is 2.86. The maximum Gasteiger partial charge on any atom is 0.417 e. The third-order valence-corrected chi connectivity index (χ3v) is 5.25. The third-order valence-electron chi connectivity index (χ3n) is 4.93. The van der Waals surface area contributed by atoms with Crippen LogP contribution in [0.2, 0.25) is 5.02 Å². The van der Waals surface area contributed by atoms with Crippen molar-refractivity contribution in [1.82, 2.24) is 15.0 Å². The van der Waals surface area contributed by atoms with Gasteiger partial charge in [-0.25, -0.2) is 19.7 Å². The predicted octanol–water partition coefficient (Wildman–Crippen LogP) is 7.21. The fourth-order valence-corrected chi connectivity index (χ4v) is 3.44. The number of urea groups is 1. The quantitative estimate of drug-likeness (QED) is 0.284.